The molecular weight excluding hydrogens is 244 g/mol. The van der Waals surface area contributed by atoms with Crippen LogP contribution < -0.4 is 11.1 Å². The second-order valence-electron chi connectivity index (χ2n) is 4.34. The normalized spacial score (nSPS) is 10.3. The summed E-state index contributed by atoms with van der Waals surface area (Å²) in [5.74, 6) is 0. The van der Waals surface area contributed by atoms with E-state index in [2.05, 4.69) is 18.3 Å². The quantitative estimate of drug-likeness (QED) is 0.561. The van der Waals surface area contributed by atoms with Crippen molar-refractivity contribution in [1.82, 2.24) is 0 Å². The van der Waals surface area contributed by atoms with Gasteiger partial charge in [0.05, 0.1) is 0 Å². The van der Waals surface area contributed by atoms with Crippen molar-refractivity contribution >= 4 is 22.9 Å². The average Bonchev–Trinajstić information content (AvgIpc) is 2.34. The van der Waals surface area contributed by atoms with Gasteiger partial charge in [-0.05, 0) is 37.8 Å². The van der Waals surface area contributed by atoms with Gasteiger partial charge in [-0.25, -0.2) is 0 Å². The van der Waals surface area contributed by atoms with Gasteiger partial charge in [0.15, 0.2) is 0 Å². The van der Waals surface area contributed by atoms with E-state index >= 15 is 0 Å². The fraction of sp³-hybridized carbons (Fsp3) is 0.500. The van der Waals surface area contributed by atoms with Crippen molar-refractivity contribution in [2.45, 2.75) is 26.2 Å². The highest BCUT2D eigenvalue weighted by molar-refractivity contribution is 7.80. The summed E-state index contributed by atoms with van der Waals surface area (Å²) in [5.41, 5.74) is 8.91. The lowest BCUT2D eigenvalue weighted by Gasteiger charge is -2.14. The van der Waals surface area contributed by atoms with Crippen LogP contribution in [0.2, 0.25) is 0 Å². The summed E-state index contributed by atoms with van der Waals surface area (Å²) in [7, 11) is 1.74. The molecule has 100 valence electrons. The summed E-state index contributed by atoms with van der Waals surface area (Å²) in [6, 6.07) is 6.01. The molecule has 0 aliphatic carbocycles. The third-order valence-electron chi connectivity index (χ3n) is 2.87. The van der Waals surface area contributed by atoms with Crippen LogP contribution in [0.3, 0.4) is 0 Å². The molecule has 0 saturated carbocycles. The van der Waals surface area contributed by atoms with E-state index in [0.29, 0.717) is 4.99 Å². The van der Waals surface area contributed by atoms with E-state index in [9.17, 15) is 0 Å². The molecule has 1 rings (SSSR count). The third-order valence-corrected chi connectivity index (χ3v) is 3.09. The predicted octanol–water partition coefficient (Wildman–Crippen LogP) is 2.86. The Morgan fingerprint density at radius 2 is 2.11 bits per heavy atom. The first-order valence-corrected chi connectivity index (χ1v) is 6.70. The topological polar surface area (TPSA) is 47.3 Å². The number of hydrogen-bond acceptors (Lipinski definition) is 3. The fourth-order valence-electron chi connectivity index (χ4n) is 1.87. The van der Waals surface area contributed by atoms with Crippen molar-refractivity contribution in [3.63, 3.8) is 0 Å². The Labute approximate surface area is 115 Å². The lowest BCUT2D eigenvalue weighted by atomic mass is 10.1. The number of anilines is 1. The Morgan fingerprint density at radius 1 is 1.33 bits per heavy atom. The zero-order valence-corrected chi connectivity index (χ0v) is 12.0. The van der Waals surface area contributed by atoms with E-state index < -0.39 is 0 Å². The Morgan fingerprint density at radius 3 is 2.78 bits per heavy atom. The molecule has 0 fully saturated rings. The molecule has 0 aromatic heterocycles. The number of aryl methyl sites for hydroxylation is 1. The van der Waals surface area contributed by atoms with Gasteiger partial charge in [0.2, 0.25) is 0 Å². The van der Waals surface area contributed by atoms with Crippen LogP contribution in [0.1, 0.15) is 30.4 Å². The van der Waals surface area contributed by atoms with E-state index in [1.807, 2.05) is 12.1 Å². The number of nitrogens with two attached hydrogens (primary N) is 1. The van der Waals surface area contributed by atoms with E-state index in [-0.39, 0.29) is 0 Å². The maximum absolute atomic E-state index is 5.73. The maximum atomic E-state index is 5.73. The maximum Gasteiger partial charge on any atom is 0.106 e. The van der Waals surface area contributed by atoms with Crippen LogP contribution in [0.15, 0.2) is 18.2 Å². The van der Waals surface area contributed by atoms with Crippen molar-refractivity contribution < 1.29 is 4.74 Å². The molecule has 0 unspecified atom stereocenters. The van der Waals surface area contributed by atoms with E-state index in [4.69, 9.17) is 22.7 Å². The first-order valence-electron chi connectivity index (χ1n) is 6.29. The number of thiocarbonyl (C=S) groups is 1. The molecule has 1 aromatic carbocycles. The Hall–Kier alpha value is -1.13. The highest BCUT2D eigenvalue weighted by Gasteiger charge is 2.06. The van der Waals surface area contributed by atoms with Gasteiger partial charge in [-0.1, -0.05) is 24.4 Å². The van der Waals surface area contributed by atoms with Gasteiger partial charge in [0, 0.05) is 31.5 Å². The van der Waals surface area contributed by atoms with Crippen LogP contribution in [0, 0.1) is 6.92 Å². The number of hydrogen-bond donors (Lipinski definition) is 2. The fourth-order valence-corrected chi connectivity index (χ4v) is 2.04. The van der Waals surface area contributed by atoms with E-state index in [1.165, 1.54) is 5.56 Å². The second-order valence-corrected chi connectivity index (χ2v) is 4.78. The van der Waals surface area contributed by atoms with Crippen LogP contribution in [0.5, 0.6) is 0 Å². The van der Waals surface area contributed by atoms with Gasteiger partial charge in [-0.3, -0.25) is 0 Å². The average molecular weight is 266 g/mol. The molecule has 3 N–H and O–H groups in total. The van der Waals surface area contributed by atoms with Crippen LogP contribution in [0.25, 0.3) is 0 Å². The molecule has 0 radical (unpaired) electrons. The van der Waals surface area contributed by atoms with Gasteiger partial charge in [-0.2, -0.15) is 0 Å². The second kappa shape index (κ2) is 8.06. The first-order chi connectivity index (χ1) is 8.66. The lowest BCUT2D eigenvalue weighted by molar-refractivity contribution is 0.192. The number of para-hydroxylation sites is 1. The molecule has 3 nitrogen and oxygen atoms in total. The number of benzene rings is 1. The molecule has 18 heavy (non-hydrogen) atoms. The number of methoxy groups -OCH3 is 1. The Balaban J connectivity index is 2.48. The largest absolute Gasteiger partial charge is 0.389 e. The summed E-state index contributed by atoms with van der Waals surface area (Å²) >= 11 is 5.07. The van der Waals surface area contributed by atoms with Crippen LogP contribution in [-0.4, -0.2) is 25.2 Å². The van der Waals surface area contributed by atoms with Gasteiger partial charge in [-0.15, -0.1) is 0 Å². The Kier molecular flexibility index (Phi) is 6.68. The number of rotatable bonds is 8. The summed E-state index contributed by atoms with van der Waals surface area (Å²) in [4.78, 5) is 0.445. The van der Waals surface area contributed by atoms with Crippen LogP contribution in [0.4, 0.5) is 5.69 Å². The summed E-state index contributed by atoms with van der Waals surface area (Å²) < 4.78 is 5.02. The molecular formula is C14H22N2OS. The highest BCUT2D eigenvalue weighted by Crippen LogP contribution is 2.20. The van der Waals surface area contributed by atoms with E-state index in [1.54, 1.807) is 7.11 Å². The predicted molar refractivity (Wildman–Crippen MR) is 81.3 cm³/mol. The molecule has 4 heteroatoms. The molecule has 0 saturated heterocycles. The van der Waals surface area contributed by atoms with Crippen molar-refractivity contribution in [1.29, 1.82) is 0 Å². The summed E-state index contributed by atoms with van der Waals surface area (Å²) in [6.45, 7) is 3.84. The molecule has 0 bridgehead atoms. The number of unbranched alkanes of at least 4 members (excludes halogenated alkanes) is 2. The van der Waals surface area contributed by atoms with Gasteiger partial charge in [0.1, 0.15) is 4.99 Å². The molecule has 0 spiro atoms. The van der Waals surface area contributed by atoms with E-state index in [0.717, 1.165) is 43.7 Å². The van der Waals surface area contributed by atoms with Crippen molar-refractivity contribution in [2.75, 3.05) is 25.6 Å². The minimum absolute atomic E-state index is 0.445. The zero-order chi connectivity index (χ0) is 13.4. The van der Waals surface area contributed by atoms with Crippen LogP contribution in [-0.2, 0) is 4.74 Å². The SMILES string of the molecule is COCCCCCNc1c(C)cccc1C(N)=S. The van der Waals surface area contributed by atoms with Gasteiger partial charge in [0.25, 0.3) is 0 Å². The summed E-state index contributed by atoms with van der Waals surface area (Å²) in [6.07, 6.45) is 3.39. The molecule has 0 aliphatic rings. The van der Waals surface area contributed by atoms with Crippen molar-refractivity contribution in [3.8, 4) is 0 Å². The standard InChI is InChI=1S/C14H22N2OS/c1-11-7-6-8-12(14(15)18)13(11)16-9-4-3-5-10-17-2/h6-8,16H,3-5,9-10H2,1-2H3,(H2,15,18). The minimum atomic E-state index is 0.445. The number of ether oxygens (including phenoxy) is 1. The zero-order valence-electron chi connectivity index (χ0n) is 11.2. The molecule has 0 heterocycles. The third kappa shape index (κ3) is 4.63. The highest BCUT2D eigenvalue weighted by atomic mass is 32.1. The molecule has 0 amide bonds. The number of nitrogens with one attached hydrogen (secondary N) is 1. The van der Waals surface area contributed by atoms with Crippen molar-refractivity contribution in [3.05, 3.63) is 29.3 Å². The van der Waals surface area contributed by atoms with Crippen LogP contribution >= 0.6 is 12.2 Å². The minimum Gasteiger partial charge on any atom is -0.389 e. The monoisotopic (exact) mass is 266 g/mol. The molecule has 0 atom stereocenters. The molecule has 0 aliphatic heterocycles. The van der Waals surface area contributed by atoms with Gasteiger partial charge < -0.3 is 15.8 Å². The van der Waals surface area contributed by atoms with Crippen molar-refractivity contribution in [2.24, 2.45) is 5.73 Å². The smallest absolute Gasteiger partial charge is 0.106 e. The lowest BCUT2D eigenvalue weighted by Crippen LogP contribution is -2.14. The van der Waals surface area contributed by atoms with Gasteiger partial charge >= 0.3 is 0 Å². The summed E-state index contributed by atoms with van der Waals surface area (Å²) in [5, 5.41) is 3.43. The molecule has 1 aromatic rings. The first kappa shape index (κ1) is 14.9. The Bertz CT molecular complexity index is 393.